The number of carbonyl (C=O) groups is 2. The predicted octanol–water partition coefficient (Wildman–Crippen LogP) is 2.33. The summed E-state index contributed by atoms with van der Waals surface area (Å²) in [6, 6.07) is 13.4. The van der Waals surface area contributed by atoms with Gasteiger partial charge in [0, 0.05) is 17.0 Å². The van der Waals surface area contributed by atoms with Crippen LogP contribution in [0.2, 0.25) is 0 Å². The van der Waals surface area contributed by atoms with Crippen molar-refractivity contribution < 1.29 is 9.59 Å². The lowest BCUT2D eigenvalue weighted by atomic mass is 10.1. The molecule has 2 amide bonds. The molecular formula is C17H10N2O3. The fourth-order valence-electron chi connectivity index (χ4n) is 2.81. The number of anilines is 1. The van der Waals surface area contributed by atoms with Gasteiger partial charge in [0.1, 0.15) is 0 Å². The van der Waals surface area contributed by atoms with Crippen LogP contribution >= 0.6 is 0 Å². The van der Waals surface area contributed by atoms with E-state index in [2.05, 4.69) is 4.98 Å². The molecule has 22 heavy (non-hydrogen) atoms. The predicted molar refractivity (Wildman–Crippen MR) is 82.2 cm³/mol. The van der Waals surface area contributed by atoms with Crippen LogP contribution in [0.25, 0.3) is 10.8 Å². The minimum absolute atomic E-state index is 0.254. The van der Waals surface area contributed by atoms with E-state index < -0.39 is 0 Å². The van der Waals surface area contributed by atoms with E-state index in [4.69, 9.17) is 0 Å². The van der Waals surface area contributed by atoms with Crippen LogP contribution in [0.1, 0.15) is 20.7 Å². The largest absolute Gasteiger partial charge is 0.329 e. The van der Waals surface area contributed by atoms with Crippen molar-refractivity contribution in [1.82, 2.24) is 4.98 Å². The number of rotatable bonds is 1. The summed E-state index contributed by atoms with van der Waals surface area (Å²) >= 11 is 0. The highest BCUT2D eigenvalue weighted by Gasteiger charge is 2.36. The van der Waals surface area contributed by atoms with Crippen molar-refractivity contribution in [1.29, 1.82) is 0 Å². The van der Waals surface area contributed by atoms with Crippen molar-refractivity contribution in [2.24, 2.45) is 0 Å². The first-order chi connectivity index (χ1) is 10.7. The van der Waals surface area contributed by atoms with Crippen LogP contribution in [-0.2, 0) is 0 Å². The highest BCUT2D eigenvalue weighted by atomic mass is 16.2. The van der Waals surface area contributed by atoms with E-state index in [0.717, 1.165) is 4.90 Å². The lowest BCUT2D eigenvalue weighted by Gasteiger charge is -2.16. The lowest BCUT2D eigenvalue weighted by Crippen LogP contribution is -2.29. The van der Waals surface area contributed by atoms with Crippen molar-refractivity contribution in [3.05, 3.63) is 76.2 Å². The van der Waals surface area contributed by atoms with Crippen LogP contribution in [0.15, 0.2) is 59.5 Å². The molecule has 0 aliphatic carbocycles. The molecule has 0 spiro atoms. The van der Waals surface area contributed by atoms with Crippen molar-refractivity contribution >= 4 is 28.3 Å². The Bertz CT molecular complexity index is 969. The Kier molecular flexibility index (Phi) is 2.50. The Morgan fingerprint density at radius 2 is 1.41 bits per heavy atom. The molecule has 4 rings (SSSR count). The number of amides is 2. The number of H-pyrrole nitrogens is 1. The van der Waals surface area contributed by atoms with Crippen LogP contribution in [-0.4, -0.2) is 16.8 Å². The van der Waals surface area contributed by atoms with E-state index >= 15 is 0 Å². The Morgan fingerprint density at radius 3 is 2.09 bits per heavy atom. The van der Waals surface area contributed by atoms with Crippen LogP contribution in [0.4, 0.5) is 5.69 Å². The van der Waals surface area contributed by atoms with Crippen LogP contribution in [0, 0.1) is 0 Å². The van der Waals surface area contributed by atoms with Gasteiger partial charge in [-0.25, -0.2) is 4.90 Å². The standard InChI is InChI=1S/C17H10N2O3/c20-15-11-6-3-7-14(10(11)8-9-18-15)19-16(21)12-4-1-2-5-13(12)17(19)22/h1-9H,(H,18,20). The molecule has 2 heterocycles. The van der Waals surface area contributed by atoms with Gasteiger partial charge in [-0.2, -0.15) is 0 Å². The molecule has 0 atom stereocenters. The first-order valence-electron chi connectivity index (χ1n) is 6.77. The third-order valence-electron chi connectivity index (χ3n) is 3.83. The normalized spacial score (nSPS) is 13.7. The minimum atomic E-state index is -0.367. The summed E-state index contributed by atoms with van der Waals surface area (Å²) in [7, 11) is 0. The van der Waals surface area contributed by atoms with Gasteiger partial charge in [-0.05, 0) is 30.3 Å². The first kappa shape index (κ1) is 12.5. The summed E-state index contributed by atoms with van der Waals surface area (Å²) in [5, 5.41) is 1.01. The SMILES string of the molecule is O=C1c2ccccc2C(=O)N1c1cccc2c(=O)[nH]ccc12. The average Bonchev–Trinajstić information content (AvgIpc) is 2.80. The molecule has 0 saturated carbocycles. The van der Waals surface area contributed by atoms with E-state index in [-0.39, 0.29) is 17.4 Å². The Labute approximate surface area is 124 Å². The van der Waals surface area contributed by atoms with Gasteiger partial charge in [-0.3, -0.25) is 14.4 Å². The van der Waals surface area contributed by atoms with Gasteiger partial charge in [-0.15, -0.1) is 0 Å². The highest BCUT2D eigenvalue weighted by molar-refractivity contribution is 6.35. The summed E-state index contributed by atoms with van der Waals surface area (Å²) in [5.41, 5.74) is 0.939. The zero-order valence-electron chi connectivity index (χ0n) is 11.4. The molecule has 3 aromatic rings. The van der Waals surface area contributed by atoms with E-state index in [0.29, 0.717) is 27.6 Å². The molecule has 1 aliphatic heterocycles. The van der Waals surface area contributed by atoms with Crippen molar-refractivity contribution in [2.45, 2.75) is 0 Å². The number of hydrogen-bond donors (Lipinski definition) is 1. The van der Waals surface area contributed by atoms with Crippen molar-refractivity contribution in [3.8, 4) is 0 Å². The van der Waals surface area contributed by atoms with Gasteiger partial charge in [0.25, 0.3) is 17.4 Å². The molecule has 0 radical (unpaired) electrons. The number of aromatic amines is 1. The number of nitrogens with one attached hydrogen (secondary N) is 1. The molecular weight excluding hydrogens is 280 g/mol. The summed E-state index contributed by atoms with van der Waals surface area (Å²) in [6.45, 7) is 0. The maximum atomic E-state index is 12.6. The molecule has 5 nitrogen and oxygen atoms in total. The maximum absolute atomic E-state index is 12.6. The number of hydrogen-bond acceptors (Lipinski definition) is 3. The van der Waals surface area contributed by atoms with Gasteiger partial charge in [0.15, 0.2) is 0 Å². The number of pyridine rings is 1. The van der Waals surface area contributed by atoms with E-state index in [1.165, 1.54) is 6.20 Å². The second-order valence-electron chi connectivity index (χ2n) is 5.04. The average molecular weight is 290 g/mol. The molecule has 1 aliphatic rings. The van der Waals surface area contributed by atoms with Crippen molar-refractivity contribution in [3.63, 3.8) is 0 Å². The van der Waals surface area contributed by atoms with Gasteiger partial charge < -0.3 is 4.98 Å². The topological polar surface area (TPSA) is 70.2 Å². The van der Waals surface area contributed by atoms with Crippen LogP contribution in [0.3, 0.4) is 0 Å². The van der Waals surface area contributed by atoms with Gasteiger partial charge in [0.05, 0.1) is 16.8 Å². The highest BCUT2D eigenvalue weighted by Crippen LogP contribution is 2.32. The van der Waals surface area contributed by atoms with Crippen LogP contribution < -0.4 is 10.5 Å². The molecule has 5 heteroatoms. The van der Waals surface area contributed by atoms with Crippen molar-refractivity contribution in [2.75, 3.05) is 4.90 Å². The molecule has 1 N–H and O–H groups in total. The molecule has 2 aromatic carbocycles. The first-order valence-corrected chi connectivity index (χ1v) is 6.77. The summed E-state index contributed by atoms with van der Waals surface area (Å²) in [6.07, 6.45) is 1.51. The Hall–Kier alpha value is -3.21. The maximum Gasteiger partial charge on any atom is 0.266 e. The number of nitrogens with zero attached hydrogens (tertiary/aromatic N) is 1. The molecule has 0 bridgehead atoms. The third kappa shape index (κ3) is 1.56. The fraction of sp³-hybridized carbons (Fsp3) is 0. The second-order valence-corrected chi connectivity index (χ2v) is 5.04. The van der Waals surface area contributed by atoms with E-state index in [9.17, 15) is 14.4 Å². The second kappa shape index (κ2) is 4.39. The summed E-state index contributed by atoms with van der Waals surface area (Å²) < 4.78 is 0. The minimum Gasteiger partial charge on any atom is -0.329 e. The number of imide groups is 1. The quantitative estimate of drug-likeness (QED) is 0.699. The monoisotopic (exact) mass is 290 g/mol. The zero-order valence-corrected chi connectivity index (χ0v) is 11.4. The molecule has 0 fully saturated rings. The molecule has 106 valence electrons. The molecule has 0 saturated heterocycles. The van der Waals surface area contributed by atoms with Gasteiger partial charge in [-0.1, -0.05) is 18.2 Å². The van der Waals surface area contributed by atoms with Crippen LogP contribution in [0.5, 0.6) is 0 Å². The van der Waals surface area contributed by atoms with E-state index in [1.807, 2.05) is 0 Å². The molecule has 0 unspecified atom stereocenters. The van der Waals surface area contributed by atoms with E-state index in [1.54, 1.807) is 48.5 Å². The van der Waals surface area contributed by atoms with Gasteiger partial charge >= 0.3 is 0 Å². The Balaban J connectivity index is 1.99. The number of carbonyl (C=O) groups excluding carboxylic acids is 2. The third-order valence-corrected chi connectivity index (χ3v) is 3.83. The summed E-state index contributed by atoms with van der Waals surface area (Å²) in [4.78, 5) is 40.7. The zero-order chi connectivity index (χ0) is 15.3. The number of fused-ring (bicyclic) bond motifs is 2. The number of benzene rings is 2. The Morgan fingerprint density at radius 1 is 0.727 bits per heavy atom. The summed E-state index contributed by atoms with van der Waals surface area (Å²) in [5.74, 6) is -0.734. The fourth-order valence-corrected chi connectivity index (χ4v) is 2.81. The smallest absolute Gasteiger partial charge is 0.266 e. The number of aromatic nitrogens is 1. The lowest BCUT2D eigenvalue weighted by molar-refractivity contribution is 0.0926. The van der Waals surface area contributed by atoms with Gasteiger partial charge in [0.2, 0.25) is 0 Å². The molecule has 1 aromatic heterocycles.